The standard InChI is InChI=1S/C25H20BrClFN3O6S.Na/c1-3-20(32)17-4-6-19(13(2)25(17)38(30,34)35)31-22(33)12-36-21-7-5-18(26)24(23(21)28)37-16-9-14(11-29)8-15(27)10-16;/h4-10H,3,12H2,1-2H3,(H,31,33)(H2,30,34,35);. The van der Waals surface area contributed by atoms with Crippen LogP contribution in [-0.2, 0) is 14.8 Å². The van der Waals surface area contributed by atoms with Crippen molar-refractivity contribution < 1.29 is 31.9 Å². The van der Waals surface area contributed by atoms with Crippen LogP contribution in [0.5, 0.6) is 17.2 Å². The summed E-state index contributed by atoms with van der Waals surface area (Å²) in [6, 6.07) is 11.4. The number of sulfonamides is 1. The Labute approximate surface area is 259 Å². The quantitative estimate of drug-likeness (QED) is 0.243. The van der Waals surface area contributed by atoms with Crippen LogP contribution in [-0.4, -0.2) is 56.3 Å². The molecule has 14 heteroatoms. The first-order valence-corrected chi connectivity index (χ1v) is 13.6. The number of ether oxygens (including phenoxy) is 2. The van der Waals surface area contributed by atoms with Gasteiger partial charge in [-0.15, -0.1) is 0 Å². The fraction of sp³-hybridized carbons (Fsp3) is 0.160. The molecule has 0 saturated heterocycles. The van der Waals surface area contributed by atoms with Gasteiger partial charge in [0.2, 0.25) is 15.8 Å². The van der Waals surface area contributed by atoms with Crippen molar-refractivity contribution in [1.82, 2.24) is 0 Å². The number of ketones is 1. The second-order valence-corrected chi connectivity index (χ2v) is 10.6. The molecule has 1 radical (unpaired) electrons. The minimum absolute atomic E-state index is 0. The SMILES string of the molecule is CCC(=O)c1ccc(NC(=O)COc2ccc(Br)c(Oc3cc(Cl)cc(C#N)c3)c2F)c(C)c1S(N)(=O)=O.[Na]. The average molecular weight is 648 g/mol. The molecule has 0 spiro atoms. The van der Waals surface area contributed by atoms with E-state index >= 15 is 4.39 Å². The van der Waals surface area contributed by atoms with Crippen molar-refractivity contribution in [1.29, 1.82) is 5.26 Å². The van der Waals surface area contributed by atoms with Crippen molar-refractivity contribution in [3.8, 4) is 23.3 Å². The van der Waals surface area contributed by atoms with Gasteiger partial charge < -0.3 is 14.8 Å². The zero-order chi connectivity index (χ0) is 28.2. The van der Waals surface area contributed by atoms with Crippen LogP contribution < -0.4 is 19.9 Å². The Bertz CT molecular complexity index is 1600. The van der Waals surface area contributed by atoms with Gasteiger partial charge in [-0.05, 0) is 70.9 Å². The third-order valence-electron chi connectivity index (χ3n) is 5.18. The van der Waals surface area contributed by atoms with Gasteiger partial charge in [-0.1, -0.05) is 18.5 Å². The van der Waals surface area contributed by atoms with Crippen LogP contribution in [0, 0.1) is 24.1 Å². The summed E-state index contributed by atoms with van der Waals surface area (Å²) in [6.07, 6.45) is 0.0583. The van der Waals surface area contributed by atoms with E-state index in [-0.39, 0.29) is 90.0 Å². The molecule has 199 valence electrons. The van der Waals surface area contributed by atoms with Crippen LogP contribution in [0.4, 0.5) is 10.1 Å². The molecular weight excluding hydrogens is 628 g/mol. The second-order valence-electron chi connectivity index (χ2n) is 7.85. The Morgan fingerprint density at radius 1 is 1.21 bits per heavy atom. The molecule has 0 heterocycles. The first kappa shape index (κ1) is 32.7. The monoisotopic (exact) mass is 646 g/mol. The van der Waals surface area contributed by atoms with Crippen LogP contribution >= 0.6 is 27.5 Å². The minimum atomic E-state index is -4.28. The molecule has 1 amide bonds. The number of carbonyl (C=O) groups is 2. The normalized spacial score (nSPS) is 10.7. The van der Waals surface area contributed by atoms with Gasteiger partial charge in [0.1, 0.15) is 5.75 Å². The van der Waals surface area contributed by atoms with Crippen molar-refractivity contribution in [3.05, 3.63) is 74.5 Å². The molecule has 0 unspecified atom stereocenters. The molecule has 39 heavy (non-hydrogen) atoms. The molecule has 0 aliphatic heterocycles. The van der Waals surface area contributed by atoms with E-state index in [4.69, 9.17) is 31.5 Å². The maximum Gasteiger partial charge on any atom is 0.262 e. The molecule has 0 aliphatic carbocycles. The minimum Gasteiger partial charge on any atom is -0.481 e. The molecule has 3 aromatic carbocycles. The third kappa shape index (κ3) is 8.02. The Hall–Kier alpha value is -2.50. The van der Waals surface area contributed by atoms with Gasteiger partial charge in [0.15, 0.2) is 23.9 Å². The Morgan fingerprint density at radius 2 is 1.90 bits per heavy atom. The molecule has 3 rings (SSSR count). The van der Waals surface area contributed by atoms with Crippen LogP contribution in [0.1, 0.15) is 34.8 Å². The number of hydrogen-bond acceptors (Lipinski definition) is 7. The maximum atomic E-state index is 15.2. The third-order valence-corrected chi connectivity index (χ3v) is 7.12. The predicted molar refractivity (Wildman–Crippen MR) is 147 cm³/mol. The van der Waals surface area contributed by atoms with Crippen LogP contribution in [0.3, 0.4) is 0 Å². The first-order chi connectivity index (χ1) is 17.8. The topological polar surface area (TPSA) is 149 Å². The van der Waals surface area contributed by atoms with E-state index in [1.807, 2.05) is 6.07 Å². The summed E-state index contributed by atoms with van der Waals surface area (Å²) in [5.74, 6) is -2.56. The number of benzene rings is 3. The van der Waals surface area contributed by atoms with Gasteiger partial charge in [0.25, 0.3) is 5.91 Å². The molecule has 0 aliphatic rings. The zero-order valence-electron chi connectivity index (χ0n) is 21.0. The number of amides is 1. The molecular formula is C25H20BrClFN3NaO6S. The number of nitrogens with two attached hydrogens (primary N) is 1. The van der Waals surface area contributed by atoms with Crippen molar-refractivity contribution in [2.75, 3.05) is 11.9 Å². The molecule has 9 nitrogen and oxygen atoms in total. The number of halogens is 3. The summed E-state index contributed by atoms with van der Waals surface area (Å²) >= 11 is 9.16. The second kappa shape index (κ2) is 13.7. The number of Topliss-reactive ketones (excluding diaryl/α,β-unsaturated/α-hetero) is 1. The summed E-state index contributed by atoms with van der Waals surface area (Å²) < 4.78 is 50.6. The summed E-state index contributed by atoms with van der Waals surface area (Å²) in [5.41, 5.74) is 0.294. The predicted octanol–water partition coefficient (Wildman–Crippen LogP) is 5.09. The van der Waals surface area contributed by atoms with Gasteiger partial charge in [-0.3, -0.25) is 9.59 Å². The van der Waals surface area contributed by atoms with Crippen LogP contribution in [0.25, 0.3) is 0 Å². The summed E-state index contributed by atoms with van der Waals surface area (Å²) in [6.45, 7) is 2.33. The fourth-order valence-electron chi connectivity index (χ4n) is 3.46. The number of nitriles is 1. The number of nitrogens with zero attached hydrogens (tertiary/aromatic N) is 1. The van der Waals surface area contributed by atoms with Crippen LogP contribution in [0.15, 0.2) is 51.8 Å². The number of carbonyl (C=O) groups excluding carboxylic acids is 2. The Morgan fingerprint density at radius 3 is 2.51 bits per heavy atom. The summed E-state index contributed by atoms with van der Waals surface area (Å²) in [5, 5.41) is 17.1. The average Bonchev–Trinajstić information content (AvgIpc) is 2.85. The van der Waals surface area contributed by atoms with Gasteiger partial charge in [0.05, 0.1) is 21.0 Å². The van der Waals surface area contributed by atoms with Crippen molar-refractivity contribution in [2.45, 2.75) is 25.2 Å². The molecule has 0 aromatic heterocycles. The molecule has 3 N–H and O–H groups in total. The van der Waals surface area contributed by atoms with Gasteiger partial charge in [-0.25, -0.2) is 13.6 Å². The van der Waals surface area contributed by atoms with E-state index in [1.54, 1.807) is 6.92 Å². The van der Waals surface area contributed by atoms with E-state index in [9.17, 15) is 18.0 Å². The Kier molecular flexibility index (Phi) is 11.5. The largest absolute Gasteiger partial charge is 0.481 e. The molecule has 0 atom stereocenters. The fourth-order valence-corrected chi connectivity index (χ4v) is 5.09. The van der Waals surface area contributed by atoms with E-state index in [0.717, 1.165) is 0 Å². The van der Waals surface area contributed by atoms with E-state index in [2.05, 4.69) is 21.2 Å². The van der Waals surface area contributed by atoms with E-state index in [1.165, 1.54) is 49.4 Å². The molecule has 3 aromatic rings. The van der Waals surface area contributed by atoms with Crippen LogP contribution in [0.2, 0.25) is 5.02 Å². The molecule has 0 fully saturated rings. The maximum absolute atomic E-state index is 15.2. The zero-order valence-corrected chi connectivity index (χ0v) is 26.1. The van der Waals surface area contributed by atoms with E-state index in [0.29, 0.717) is 0 Å². The number of anilines is 1. The van der Waals surface area contributed by atoms with Crippen molar-refractivity contribution >= 4 is 84.5 Å². The van der Waals surface area contributed by atoms with Gasteiger partial charge in [0, 0.05) is 52.3 Å². The molecule has 0 saturated carbocycles. The smallest absolute Gasteiger partial charge is 0.262 e. The number of nitrogens with one attached hydrogen (secondary N) is 1. The van der Waals surface area contributed by atoms with E-state index < -0.39 is 34.1 Å². The van der Waals surface area contributed by atoms with Gasteiger partial charge >= 0.3 is 0 Å². The van der Waals surface area contributed by atoms with Crippen molar-refractivity contribution in [2.24, 2.45) is 5.14 Å². The van der Waals surface area contributed by atoms with Gasteiger partial charge in [-0.2, -0.15) is 9.65 Å². The number of primary sulfonamides is 1. The first-order valence-electron chi connectivity index (χ1n) is 10.8. The number of rotatable bonds is 9. The summed E-state index contributed by atoms with van der Waals surface area (Å²) in [7, 11) is -4.28. The summed E-state index contributed by atoms with van der Waals surface area (Å²) in [4.78, 5) is 24.3. The molecule has 0 bridgehead atoms. The number of hydrogen-bond donors (Lipinski definition) is 2. The van der Waals surface area contributed by atoms with Crippen molar-refractivity contribution in [3.63, 3.8) is 0 Å². The Balaban J connectivity index is 0.00000533.